The van der Waals surface area contributed by atoms with Gasteiger partial charge >= 0.3 is 0 Å². The van der Waals surface area contributed by atoms with Gasteiger partial charge in [0.05, 0.1) is 16.4 Å². The first kappa shape index (κ1) is 28.3. The fraction of sp³-hybridized carbons (Fsp3) is 0.0690. The molecule has 1 aromatic heterocycles. The Morgan fingerprint density at radius 1 is 0.950 bits per heavy atom. The molecule has 0 aliphatic rings. The molecule has 0 saturated carbocycles. The van der Waals surface area contributed by atoms with E-state index in [1.807, 2.05) is 17.5 Å². The average Bonchev–Trinajstić information content (AvgIpc) is 3.47. The molecular weight excluding hydrogens is 548 g/mol. The van der Waals surface area contributed by atoms with Gasteiger partial charge in [-0.25, -0.2) is 0 Å². The van der Waals surface area contributed by atoms with E-state index in [0.717, 1.165) is 15.3 Å². The number of carbonyl (C=O) groups excluding carboxylic acids is 3. The topological polar surface area (TPSA) is 130 Å². The van der Waals surface area contributed by atoms with Gasteiger partial charge in [0.2, 0.25) is 5.91 Å². The van der Waals surface area contributed by atoms with Gasteiger partial charge in [-0.1, -0.05) is 30.3 Å². The summed E-state index contributed by atoms with van der Waals surface area (Å²) < 4.78 is 0. The van der Waals surface area contributed by atoms with Crippen LogP contribution in [0.3, 0.4) is 0 Å². The van der Waals surface area contributed by atoms with Crippen LogP contribution in [0.25, 0.3) is 6.08 Å². The molecule has 0 spiro atoms. The molecule has 0 aliphatic heterocycles. The van der Waals surface area contributed by atoms with Crippen LogP contribution in [0.1, 0.15) is 20.8 Å². The fourth-order valence-electron chi connectivity index (χ4n) is 3.48. The Balaban J connectivity index is 1.36. The highest BCUT2D eigenvalue weighted by Crippen LogP contribution is 2.24. The summed E-state index contributed by atoms with van der Waals surface area (Å²) in [5.74, 6) is -1.09. The third-order valence-corrected chi connectivity index (χ3v) is 7.38. The molecule has 40 heavy (non-hydrogen) atoms. The monoisotopic (exact) mass is 572 g/mol. The van der Waals surface area contributed by atoms with Crippen molar-refractivity contribution in [3.63, 3.8) is 0 Å². The lowest BCUT2D eigenvalue weighted by atomic mass is 10.2. The Hall–Kier alpha value is -4.74. The number of rotatable bonds is 10. The first-order valence-electron chi connectivity index (χ1n) is 12.0. The zero-order valence-electron chi connectivity index (χ0n) is 21.2. The van der Waals surface area contributed by atoms with Crippen LogP contribution in [0, 0.1) is 17.0 Å². The van der Waals surface area contributed by atoms with Crippen molar-refractivity contribution in [2.45, 2.75) is 11.8 Å². The number of nitro groups is 1. The van der Waals surface area contributed by atoms with E-state index < -0.39 is 16.7 Å². The second-order valence-electron chi connectivity index (χ2n) is 8.47. The molecule has 11 heteroatoms. The summed E-state index contributed by atoms with van der Waals surface area (Å²) in [6.45, 7) is 1.76. The molecule has 0 bridgehead atoms. The Bertz CT molecular complexity index is 1550. The standard InChI is InChI=1S/C29H24N4O5S2/c1-19-9-12-22(33(37)38)16-25(19)31-27(34)18-40-23-13-10-21(11-14-23)30-29(36)26(17-24-8-5-15-39-24)32-28(35)20-6-3-2-4-7-20/h2-17H,18H2,1H3,(H,30,36)(H,31,34)(H,32,35)/b26-17-. The molecular formula is C29H24N4O5S2. The van der Waals surface area contributed by atoms with Crippen LogP contribution in [-0.2, 0) is 9.59 Å². The molecule has 1 heterocycles. The van der Waals surface area contributed by atoms with Crippen molar-refractivity contribution in [1.82, 2.24) is 5.32 Å². The number of thiophene rings is 1. The quantitative estimate of drug-likeness (QED) is 0.0910. The van der Waals surface area contributed by atoms with Gasteiger partial charge < -0.3 is 16.0 Å². The summed E-state index contributed by atoms with van der Waals surface area (Å²) in [5.41, 5.74) is 2.05. The first-order valence-corrected chi connectivity index (χ1v) is 13.9. The molecule has 4 rings (SSSR count). The highest BCUT2D eigenvalue weighted by Gasteiger charge is 2.16. The van der Waals surface area contributed by atoms with E-state index in [9.17, 15) is 24.5 Å². The van der Waals surface area contributed by atoms with Gasteiger partial charge in [-0.3, -0.25) is 24.5 Å². The van der Waals surface area contributed by atoms with Crippen molar-refractivity contribution in [3.8, 4) is 0 Å². The van der Waals surface area contributed by atoms with Crippen LogP contribution in [0.4, 0.5) is 17.1 Å². The molecule has 202 valence electrons. The minimum absolute atomic E-state index is 0.0903. The lowest BCUT2D eigenvalue weighted by Gasteiger charge is -2.12. The highest BCUT2D eigenvalue weighted by molar-refractivity contribution is 8.00. The van der Waals surface area contributed by atoms with Gasteiger partial charge in [0.15, 0.2) is 0 Å². The van der Waals surface area contributed by atoms with Crippen LogP contribution in [0.5, 0.6) is 0 Å². The summed E-state index contributed by atoms with van der Waals surface area (Å²) in [6.07, 6.45) is 1.62. The van der Waals surface area contributed by atoms with Gasteiger partial charge in [-0.05, 0) is 66.4 Å². The molecule has 0 fully saturated rings. The fourth-order valence-corrected chi connectivity index (χ4v) is 4.84. The number of carbonyl (C=O) groups is 3. The largest absolute Gasteiger partial charge is 0.325 e. The number of nitro benzene ring substituents is 1. The number of hydrogen-bond acceptors (Lipinski definition) is 7. The summed E-state index contributed by atoms with van der Waals surface area (Å²) >= 11 is 2.72. The Morgan fingerprint density at radius 2 is 1.70 bits per heavy atom. The molecule has 3 N–H and O–H groups in total. The third kappa shape index (κ3) is 7.88. The second-order valence-corrected chi connectivity index (χ2v) is 10.5. The van der Waals surface area contributed by atoms with Crippen LogP contribution < -0.4 is 16.0 Å². The minimum atomic E-state index is -0.512. The molecule has 0 atom stereocenters. The summed E-state index contributed by atoms with van der Waals surface area (Å²) in [7, 11) is 0. The smallest absolute Gasteiger partial charge is 0.272 e. The van der Waals surface area contributed by atoms with Gasteiger partial charge in [0.1, 0.15) is 5.70 Å². The number of amides is 3. The lowest BCUT2D eigenvalue weighted by molar-refractivity contribution is -0.384. The van der Waals surface area contributed by atoms with E-state index in [0.29, 0.717) is 16.9 Å². The first-order chi connectivity index (χ1) is 19.3. The zero-order valence-corrected chi connectivity index (χ0v) is 22.9. The number of thioether (sulfide) groups is 1. The molecule has 0 radical (unpaired) electrons. The summed E-state index contributed by atoms with van der Waals surface area (Å²) in [5, 5.41) is 21.1. The Morgan fingerprint density at radius 3 is 2.38 bits per heavy atom. The lowest BCUT2D eigenvalue weighted by Crippen LogP contribution is -2.30. The zero-order chi connectivity index (χ0) is 28.5. The van der Waals surface area contributed by atoms with E-state index in [1.165, 1.54) is 35.2 Å². The van der Waals surface area contributed by atoms with Crippen LogP contribution in [0.2, 0.25) is 0 Å². The number of aryl methyl sites for hydroxylation is 1. The predicted octanol–water partition coefficient (Wildman–Crippen LogP) is 6.11. The van der Waals surface area contributed by atoms with E-state index in [2.05, 4.69) is 16.0 Å². The predicted molar refractivity (Wildman–Crippen MR) is 158 cm³/mol. The summed E-state index contributed by atoms with van der Waals surface area (Å²) in [6, 6.07) is 23.5. The van der Waals surface area contributed by atoms with Gasteiger partial charge in [-0.2, -0.15) is 0 Å². The van der Waals surface area contributed by atoms with E-state index in [-0.39, 0.29) is 23.0 Å². The summed E-state index contributed by atoms with van der Waals surface area (Å²) in [4.78, 5) is 50.3. The van der Waals surface area contributed by atoms with Crippen molar-refractivity contribution in [2.75, 3.05) is 16.4 Å². The number of hydrogen-bond donors (Lipinski definition) is 3. The van der Waals surface area contributed by atoms with Crippen molar-refractivity contribution in [3.05, 3.63) is 122 Å². The third-order valence-electron chi connectivity index (χ3n) is 5.55. The van der Waals surface area contributed by atoms with Gasteiger partial charge in [-0.15, -0.1) is 23.1 Å². The minimum Gasteiger partial charge on any atom is -0.325 e. The van der Waals surface area contributed by atoms with Gasteiger partial charge in [0.25, 0.3) is 17.5 Å². The van der Waals surface area contributed by atoms with Crippen LogP contribution in [0.15, 0.2) is 101 Å². The molecule has 0 unspecified atom stereocenters. The molecule has 0 aliphatic carbocycles. The molecule has 4 aromatic rings. The Kier molecular flexibility index (Phi) is 9.44. The molecule has 9 nitrogen and oxygen atoms in total. The van der Waals surface area contributed by atoms with Crippen LogP contribution >= 0.6 is 23.1 Å². The van der Waals surface area contributed by atoms with Crippen molar-refractivity contribution in [2.24, 2.45) is 0 Å². The SMILES string of the molecule is Cc1ccc([N+](=O)[O-])cc1NC(=O)CSc1ccc(NC(=O)/C(=C/c2cccs2)NC(=O)c2ccccc2)cc1. The van der Waals surface area contributed by atoms with Gasteiger partial charge in [0, 0.05) is 33.2 Å². The molecule has 3 amide bonds. The molecule has 3 aromatic carbocycles. The maximum Gasteiger partial charge on any atom is 0.272 e. The van der Waals surface area contributed by atoms with Crippen molar-refractivity contribution >= 4 is 64.0 Å². The maximum absolute atomic E-state index is 13.1. The van der Waals surface area contributed by atoms with E-state index in [1.54, 1.807) is 73.7 Å². The maximum atomic E-state index is 13.1. The van der Waals surface area contributed by atoms with Crippen molar-refractivity contribution in [1.29, 1.82) is 0 Å². The second kappa shape index (κ2) is 13.4. The number of nitrogens with one attached hydrogen (secondary N) is 3. The number of benzene rings is 3. The van der Waals surface area contributed by atoms with E-state index in [4.69, 9.17) is 0 Å². The highest BCUT2D eigenvalue weighted by atomic mass is 32.2. The number of non-ortho nitro benzene ring substituents is 1. The van der Waals surface area contributed by atoms with Crippen LogP contribution in [-0.4, -0.2) is 28.4 Å². The molecule has 0 saturated heterocycles. The van der Waals surface area contributed by atoms with E-state index >= 15 is 0 Å². The normalized spacial score (nSPS) is 11.0. The Labute approximate surface area is 238 Å². The number of nitrogens with zero attached hydrogens (tertiary/aromatic N) is 1. The average molecular weight is 573 g/mol. The van der Waals surface area contributed by atoms with Crippen molar-refractivity contribution < 1.29 is 19.3 Å². The number of anilines is 2.